The summed E-state index contributed by atoms with van der Waals surface area (Å²) in [4.78, 5) is 14.7. The largest absolute Gasteiger partial charge is 0.322 e. The van der Waals surface area contributed by atoms with Gasteiger partial charge in [0.25, 0.3) is 0 Å². The van der Waals surface area contributed by atoms with Crippen LogP contribution in [0.5, 0.6) is 0 Å². The Morgan fingerprint density at radius 1 is 1.32 bits per heavy atom. The van der Waals surface area contributed by atoms with E-state index in [-0.39, 0.29) is 12.1 Å². The Kier molecular flexibility index (Phi) is 4.05. The van der Waals surface area contributed by atoms with Crippen molar-refractivity contribution in [3.05, 3.63) is 48.4 Å². The molecule has 0 unspecified atom stereocenters. The first-order valence-corrected chi connectivity index (χ1v) is 8.49. The molecular formula is C18H20N6O. The van der Waals surface area contributed by atoms with Crippen molar-refractivity contribution in [1.82, 2.24) is 24.9 Å². The van der Waals surface area contributed by atoms with E-state index < -0.39 is 0 Å². The van der Waals surface area contributed by atoms with Crippen LogP contribution >= 0.6 is 0 Å². The van der Waals surface area contributed by atoms with Crippen LogP contribution < -0.4 is 5.32 Å². The summed E-state index contributed by atoms with van der Waals surface area (Å²) in [5, 5.41) is 16.5. The molecule has 0 saturated carbocycles. The highest BCUT2D eigenvalue weighted by atomic mass is 16.2. The highest BCUT2D eigenvalue weighted by molar-refractivity contribution is 6.00. The molecule has 1 N–H and O–H groups in total. The van der Waals surface area contributed by atoms with Gasteiger partial charge in [-0.25, -0.2) is 4.79 Å². The summed E-state index contributed by atoms with van der Waals surface area (Å²) in [6, 6.07) is 9.62. The maximum absolute atomic E-state index is 12.8. The van der Waals surface area contributed by atoms with Crippen LogP contribution in [0.2, 0.25) is 0 Å². The standard InChI is InChI=1S/C18H20N6O/c1-13-11-15-16(6-2-7-17(15)22-21-13)20-18(25)24-10-3-5-14(24)12-23-9-4-8-19-23/h2,4,6-9,11,14H,3,5,10,12H2,1H3,(H,20,25)/t14-/m0/s1. The van der Waals surface area contributed by atoms with E-state index in [1.807, 2.05) is 53.0 Å². The van der Waals surface area contributed by atoms with Gasteiger partial charge < -0.3 is 10.2 Å². The number of rotatable bonds is 3. The van der Waals surface area contributed by atoms with Crippen LogP contribution in [-0.2, 0) is 6.54 Å². The van der Waals surface area contributed by atoms with Crippen molar-refractivity contribution in [2.45, 2.75) is 32.4 Å². The average Bonchev–Trinajstić information content (AvgIpc) is 3.28. The van der Waals surface area contributed by atoms with Gasteiger partial charge in [-0.1, -0.05) is 6.07 Å². The Hall–Kier alpha value is -2.96. The summed E-state index contributed by atoms with van der Waals surface area (Å²) in [5.41, 5.74) is 2.37. The van der Waals surface area contributed by atoms with E-state index in [1.54, 1.807) is 6.20 Å². The number of benzene rings is 1. The van der Waals surface area contributed by atoms with E-state index in [4.69, 9.17) is 0 Å². The topological polar surface area (TPSA) is 75.9 Å². The lowest BCUT2D eigenvalue weighted by Gasteiger charge is -2.25. The summed E-state index contributed by atoms with van der Waals surface area (Å²) in [7, 11) is 0. The van der Waals surface area contributed by atoms with Gasteiger partial charge in [0.1, 0.15) is 0 Å². The molecule has 25 heavy (non-hydrogen) atoms. The van der Waals surface area contributed by atoms with Crippen LogP contribution in [0.15, 0.2) is 42.7 Å². The number of hydrogen-bond donors (Lipinski definition) is 1. The fraction of sp³-hybridized carbons (Fsp3) is 0.333. The third-order valence-electron chi connectivity index (χ3n) is 4.59. The van der Waals surface area contributed by atoms with Gasteiger partial charge in [0.05, 0.1) is 29.5 Å². The quantitative estimate of drug-likeness (QED) is 0.798. The van der Waals surface area contributed by atoms with Crippen molar-refractivity contribution < 1.29 is 4.79 Å². The van der Waals surface area contributed by atoms with Crippen molar-refractivity contribution in [1.29, 1.82) is 0 Å². The molecule has 7 nitrogen and oxygen atoms in total. The molecule has 1 saturated heterocycles. The number of hydrogen-bond acceptors (Lipinski definition) is 4. The van der Waals surface area contributed by atoms with Gasteiger partial charge in [-0.15, -0.1) is 0 Å². The van der Waals surface area contributed by atoms with Crippen LogP contribution in [0.25, 0.3) is 10.9 Å². The van der Waals surface area contributed by atoms with Gasteiger partial charge in [0, 0.05) is 24.3 Å². The van der Waals surface area contributed by atoms with Gasteiger partial charge in [-0.3, -0.25) is 4.68 Å². The normalized spacial score (nSPS) is 17.2. The molecule has 128 valence electrons. The van der Waals surface area contributed by atoms with E-state index in [9.17, 15) is 4.79 Å². The summed E-state index contributed by atoms with van der Waals surface area (Å²) in [6.45, 7) is 3.38. The van der Waals surface area contributed by atoms with E-state index >= 15 is 0 Å². The summed E-state index contributed by atoms with van der Waals surface area (Å²) >= 11 is 0. The summed E-state index contributed by atoms with van der Waals surface area (Å²) in [6.07, 6.45) is 5.70. The maximum Gasteiger partial charge on any atom is 0.322 e. The zero-order valence-electron chi connectivity index (χ0n) is 14.1. The zero-order valence-corrected chi connectivity index (χ0v) is 14.1. The Labute approximate surface area is 145 Å². The molecule has 2 aromatic heterocycles. The molecular weight excluding hydrogens is 316 g/mol. The Morgan fingerprint density at radius 3 is 3.08 bits per heavy atom. The van der Waals surface area contributed by atoms with Crippen LogP contribution in [0.3, 0.4) is 0 Å². The second-order valence-corrected chi connectivity index (χ2v) is 6.37. The highest BCUT2D eigenvalue weighted by Gasteiger charge is 2.29. The first kappa shape index (κ1) is 15.6. The molecule has 0 radical (unpaired) electrons. The van der Waals surface area contributed by atoms with Gasteiger partial charge in [0.15, 0.2) is 0 Å². The zero-order chi connectivity index (χ0) is 17.2. The predicted molar refractivity (Wildman–Crippen MR) is 95.2 cm³/mol. The van der Waals surface area contributed by atoms with Crippen molar-refractivity contribution in [2.75, 3.05) is 11.9 Å². The minimum Gasteiger partial charge on any atom is -0.320 e. The van der Waals surface area contributed by atoms with Crippen molar-refractivity contribution in [3.8, 4) is 0 Å². The molecule has 4 rings (SSSR count). The molecule has 3 aromatic rings. The number of carbonyl (C=O) groups is 1. The Balaban J connectivity index is 1.54. The number of urea groups is 1. The second-order valence-electron chi connectivity index (χ2n) is 6.37. The van der Waals surface area contributed by atoms with Gasteiger partial charge in [0.2, 0.25) is 0 Å². The molecule has 0 spiro atoms. The lowest BCUT2D eigenvalue weighted by Crippen LogP contribution is -2.40. The lowest BCUT2D eigenvalue weighted by molar-refractivity contribution is 0.199. The number of fused-ring (bicyclic) bond motifs is 1. The van der Waals surface area contributed by atoms with Gasteiger partial charge in [-0.05, 0) is 44.0 Å². The fourth-order valence-electron chi connectivity index (χ4n) is 3.38. The molecule has 0 bridgehead atoms. The third kappa shape index (κ3) is 3.17. The third-order valence-corrected chi connectivity index (χ3v) is 4.59. The van der Waals surface area contributed by atoms with E-state index in [0.29, 0.717) is 0 Å². The van der Waals surface area contributed by atoms with Crippen LogP contribution in [0.4, 0.5) is 10.5 Å². The van der Waals surface area contributed by atoms with Gasteiger partial charge in [-0.2, -0.15) is 15.3 Å². The molecule has 2 amide bonds. The SMILES string of the molecule is Cc1cc2c(NC(=O)N3CCC[C@H]3Cn3cccn3)cccc2nn1. The van der Waals surface area contributed by atoms with Crippen molar-refractivity contribution >= 4 is 22.6 Å². The van der Waals surface area contributed by atoms with E-state index in [0.717, 1.165) is 48.2 Å². The van der Waals surface area contributed by atoms with Gasteiger partial charge >= 0.3 is 6.03 Å². The number of aromatic nitrogens is 4. The van der Waals surface area contributed by atoms with Crippen LogP contribution in [0.1, 0.15) is 18.5 Å². The number of carbonyl (C=O) groups excluding carboxylic acids is 1. The first-order valence-electron chi connectivity index (χ1n) is 8.49. The molecule has 1 fully saturated rings. The molecule has 1 aromatic carbocycles. The van der Waals surface area contributed by atoms with E-state index in [2.05, 4.69) is 20.6 Å². The lowest BCUT2D eigenvalue weighted by atomic mass is 10.2. The molecule has 3 heterocycles. The number of anilines is 1. The predicted octanol–water partition coefficient (Wildman–Crippen LogP) is 2.83. The number of aryl methyl sites for hydroxylation is 1. The molecule has 7 heteroatoms. The number of likely N-dealkylation sites (tertiary alicyclic amines) is 1. The number of amides is 2. The second kappa shape index (κ2) is 6.51. The van der Waals surface area contributed by atoms with Crippen LogP contribution in [-0.4, -0.2) is 43.5 Å². The summed E-state index contributed by atoms with van der Waals surface area (Å²) < 4.78 is 1.88. The van der Waals surface area contributed by atoms with Crippen molar-refractivity contribution in [2.24, 2.45) is 0 Å². The smallest absolute Gasteiger partial charge is 0.320 e. The highest BCUT2D eigenvalue weighted by Crippen LogP contribution is 2.24. The molecule has 1 atom stereocenters. The van der Waals surface area contributed by atoms with E-state index in [1.165, 1.54) is 0 Å². The minimum atomic E-state index is -0.0726. The van der Waals surface area contributed by atoms with Crippen molar-refractivity contribution in [3.63, 3.8) is 0 Å². The number of nitrogens with zero attached hydrogens (tertiary/aromatic N) is 5. The Bertz CT molecular complexity index is 892. The fourth-order valence-corrected chi connectivity index (χ4v) is 3.38. The molecule has 1 aliphatic heterocycles. The monoisotopic (exact) mass is 336 g/mol. The first-order chi connectivity index (χ1) is 12.2. The minimum absolute atomic E-state index is 0.0726. The van der Waals surface area contributed by atoms with Crippen LogP contribution in [0, 0.1) is 6.92 Å². The number of nitrogens with one attached hydrogen (secondary N) is 1. The maximum atomic E-state index is 12.8. The molecule has 1 aliphatic rings. The Morgan fingerprint density at radius 2 is 2.24 bits per heavy atom. The molecule has 0 aliphatic carbocycles. The summed E-state index contributed by atoms with van der Waals surface area (Å²) in [5.74, 6) is 0. The average molecular weight is 336 g/mol.